The molecule has 2 aromatic rings. The molecule has 166 valence electrons. The molecule has 1 unspecified atom stereocenters. The van der Waals surface area contributed by atoms with Crippen molar-refractivity contribution in [2.75, 3.05) is 33.5 Å². The number of fused-ring (bicyclic) bond motifs is 2. The maximum absolute atomic E-state index is 13.3. The number of nitrogens with zero attached hydrogens (tertiary/aromatic N) is 1. The third-order valence-corrected chi connectivity index (χ3v) is 7.44. The Labute approximate surface area is 187 Å². The molecule has 1 fully saturated rings. The van der Waals surface area contributed by atoms with Crippen molar-refractivity contribution in [3.63, 3.8) is 0 Å². The molecular formula is C24H29NO5S. The summed E-state index contributed by atoms with van der Waals surface area (Å²) in [7, 11) is 1.80. The second kappa shape index (κ2) is 9.09. The van der Waals surface area contributed by atoms with Gasteiger partial charge in [-0.2, -0.15) is 0 Å². The van der Waals surface area contributed by atoms with Crippen molar-refractivity contribution in [2.24, 2.45) is 5.92 Å². The van der Waals surface area contributed by atoms with E-state index < -0.39 is 0 Å². The largest absolute Gasteiger partial charge is 0.491 e. The van der Waals surface area contributed by atoms with Gasteiger partial charge < -0.3 is 23.8 Å². The molecule has 1 aliphatic carbocycles. The van der Waals surface area contributed by atoms with E-state index in [0.29, 0.717) is 55.2 Å². The minimum atomic E-state index is -0.0332. The molecule has 1 atom stereocenters. The first-order valence-electron chi connectivity index (χ1n) is 11.2. The van der Waals surface area contributed by atoms with Crippen LogP contribution in [0.2, 0.25) is 0 Å². The van der Waals surface area contributed by atoms with E-state index in [9.17, 15) is 4.79 Å². The highest BCUT2D eigenvalue weighted by Crippen LogP contribution is 2.41. The molecule has 1 aromatic heterocycles. The summed E-state index contributed by atoms with van der Waals surface area (Å²) in [4.78, 5) is 15.8. The molecule has 0 saturated heterocycles. The molecule has 0 bridgehead atoms. The molecule has 31 heavy (non-hydrogen) atoms. The fraction of sp³-hybridized carbons (Fsp3) is 0.542. The second-order valence-electron chi connectivity index (χ2n) is 8.45. The molecule has 6 nitrogen and oxygen atoms in total. The van der Waals surface area contributed by atoms with Gasteiger partial charge in [0, 0.05) is 24.6 Å². The normalized spacial score (nSPS) is 19.8. The molecule has 3 heterocycles. The Bertz CT molecular complexity index is 936. The van der Waals surface area contributed by atoms with Gasteiger partial charge in [-0.3, -0.25) is 4.79 Å². The Morgan fingerprint density at radius 1 is 1.10 bits per heavy atom. The van der Waals surface area contributed by atoms with Crippen LogP contribution < -0.4 is 14.2 Å². The van der Waals surface area contributed by atoms with E-state index in [-0.39, 0.29) is 12.0 Å². The van der Waals surface area contributed by atoms with E-state index in [1.165, 1.54) is 49.0 Å². The maximum Gasteiger partial charge on any atom is 0.268 e. The van der Waals surface area contributed by atoms with Gasteiger partial charge in [-0.05, 0) is 36.5 Å². The summed E-state index contributed by atoms with van der Waals surface area (Å²) in [6.45, 7) is 2.51. The molecule has 0 spiro atoms. The molecule has 5 rings (SSSR count). The van der Waals surface area contributed by atoms with Crippen LogP contribution in [0.1, 0.15) is 59.0 Å². The van der Waals surface area contributed by atoms with Gasteiger partial charge in [0.15, 0.2) is 11.5 Å². The van der Waals surface area contributed by atoms with E-state index >= 15 is 0 Å². The Hall–Kier alpha value is -2.25. The number of benzene rings is 1. The first-order chi connectivity index (χ1) is 15.2. The molecular weight excluding hydrogens is 414 g/mol. The summed E-state index contributed by atoms with van der Waals surface area (Å²) >= 11 is 1.38. The summed E-state index contributed by atoms with van der Waals surface area (Å²) in [5, 5.41) is 1.86. The average molecular weight is 444 g/mol. The van der Waals surface area contributed by atoms with Gasteiger partial charge in [0.2, 0.25) is 0 Å². The number of carbonyl (C=O) groups is 1. The van der Waals surface area contributed by atoms with Crippen LogP contribution in [0.3, 0.4) is 0 Å². The number of ether oxygens (including phenoxy) is 4. The van der Waals surface area contributed by atoms with Gasteiger partial charge >= 0.3 is 0 Å². The third-order valence-electron chi connectivity index (χ3n) is 6.51. The third kappa shape index (κ3) is 4.13. The van der Waals surface area contributed by atoms with Gasteiger partial charge in [0.1, 0.15) is 30.4 Å². The van der Waals surface area contributed by atoms with Gasteiger partial charge in [-0.1, -0.05) is 25.3 Å². The van der Waals surface area contributed by atoms with E-state index in [1.54, 1.807) is 7.11 Å². The van der Waals surface area contributed by atoms with Crippen molar-refractivity contribution in [3.8, 4) is 17.2 Å². The molecule has 1 aromatic carbocycles. The van der Waals surface area contributed by atoms with E-state index in [1.807, 2.05) is 16.3 Å². The average Bonchev–Trinajstić information content (AvgIpc) is 3.12. The zero-order valence-corrected chi connectivity index (χ0v) is 18.7. The van der Waals surface area contributed by atoms with Crippen LogP contribution in [0.4, 0.5) is 0 Å². The Kier molecular flexibility index (Phi) is 6.05. The minimum absolute atomic E-state index is 0.0332. The van der Waals surface area contributed by atoms with Crippen LogP contribution in [0.5, 0.6) is 17.2 Å². The predicted octanol–water partition coefficient (Wildman–Crippen LogP) is 4.82. The Balaban J connectivity index is 1.39. The molecule has 0 radical (unpaired) electrons. The van der Waals surface area contributed by atoms with Crippen molar-refractivity contribution in [3.05, 3.63) is 39.6 Å². The fourth-order valence-corrected chi connectivity index (χ4v) is 5.85. The molecule has 1 saturated carbocycles. The SMILES string of the molecule is COC(c1ccc2c(c1)CN(C(=O)c1scc3c1OCCO3)CCO2)C1CCCCC1. The van der Waals surface area contributed by atoms with E-state index in [4.69, 9.17) is 18.9 Å². The molecule has 1 amide bonds. The van der Waals surface area contributed by atoms with Gasteiger partial charge in [-0.15, -0.1) is 11.3 Å². The van der Waals surface area contributed by atoms with Crippen molar-refractivity contribution in [1.29, 1.82) is 0 Å². The number of hydrogen-bond donors (Lipinski definition) is 0. The zero-order chi connectivity index (χ0) is 21.2. The summed E-state index contributed by atoms with van der Waals surface area (Å²) in [6.07, 6.45) is 6.39. The van der Waals surface area contributed by atoms with Crippen LogP contribution in [0.15, 0.2) is 23.6 Å². The first-order valence-corrected chi connectivity index (χ1v) is 12.1. The predicted molar refractivity (Wildman–Crippen MR) is 118 cm³/mol. The number of rotatable bonds is 4. The van der Waals surface area contributed by atoms with Crippen LogP contribution >= 0.6 is 11.3 Å². The lowest BCUT2D eigenvalue weighted by Gasteiger charge is -2.30. The summed E-state index contributed by atoms with van der Waals surface area (Å²) in [6, 6.07) is 6.34. The standard InChI is InChI=1S/C24H29NO5S/c1-27-21(16-5-3-2-4-6-16)17-7-8-19-18(13-17)14-25(9-10-28-19)24(26)23-22-20(15-31-23)29-11-12-30-22/h7-8,13,15-16,21H,2-6,9-12,14H2,1H3. The van der Waals surface area contributed by atoms with Crippen molar-refractivity contribution in [2.45, 2.75) is 44.8 Å². The zero-order valence-electron chi connectivity index (χ0n) is 17.9. The van der Waals surface area contributed by atoms with Crippen molar-refractivity contribution < 1.29 is 23.7 Å². The monoisotopic (exact) mass is 443 g/mol. The van der Waals surface area contributed by atoms with E-state index in [2.05, 4.69) is 12.1 Å². The van der Waals surface area contributed by atoms with Crippen LogP contribution in [-0.4, -0.2) is 44.3 Å². The van der Waals surface area contributed by atoms with Gasteiger partial charge in [0.25, 0.3) is 5.91 Å². The number of carbonyl (C=O) groups excluding carboxylic acids is 1. The maximum atomic E-state index is 13.3. The van der Waals surface area contributed by atoms with Crippen LogP contribution in [0, 0.1) is 5.92 Å². The highest BCUT2D eigenvalue weighted by Gasteiger charge is 2.30. The summed E-state index contributed by atoms with van der Waals surface area (Å²) in [5.74, 6) is 2.62. The Morgan fingerprint density at radius 3 is 2.74 bits per heavy atom. The van der Waals surface area contributed by atoms with Crippen LogP contribution in [-0.2, 0) is 11.3 Å². The topological polar surface area (TPSA) is 57.2 Å². The highest BCUT2D eigenvalue weighted by molar-refractivity contribution is 7.12. The van der Waals surface area contributed by atoms with Gasteiger partial charge in [0.05, 0.1) is 12.6 Å². The van der Waals surface area contributed by atoms with Crippen molar-refractivity contribution >= 4 is 17.2 Å². The smallest absolute Gasteiger partial charge is 0.268 e. The lowest BCUT2D eigenvalue weighted by molar-refractivity contribution is 0.0353. The summed E-state index contributed by atoms with van der Waals surface area (Å²) < 4.78 is 23.3. The van der Waals surface area contributed by atoms with Crippen molar-refractivity contribution in [1.82, 2.24) is 4.90 Å². The quantitative estimate of drug-likeness (QED) is 0.678. The lowest BCUT2D eigenvalue weighted by atomic mass is 9.82. The van der Waals surface area contributed by atoms with Crippen LogP contribution in [0.25, 0.3) is 0 Å². The lowest BCUT2D eigenvalue weighted by Crippen LogP contribution is -2.32. The minimum Gasteiger partial charge on any atom is -0.491 e. The molecule has 7 heteroatoms. The highest BCUT2D eigenvalue weighted by atomic mass is 32.1. The second-order valence-corrected chi connectivity index (χ2v) is 9.33. The number of thiophene rings is 1. The first kappa shape index (κ1) is 20.6. The number of methoxy groups -OCH3 is 1. The fourth-order valence-electron chi connectivity index (χ4n) is 4.96. The van der Waals surface area contributed by atoms with E-state index in [0.717, 1.165) is 11.3 Å². The molecule has 3 aliphatic rings. The Morgan fingerprint density at radius 2 is 1.90 bits per heavy atom. The molecule has 2 aliphatic heterocycles. The molecule has 0 N–H and O–H groups in total. The number of amides is 1. The number of hydrogen-bond acceptors (Lipinski definition) is 6. The summed E-state index contributed by atoms with van der Waals surface area (Å²) in [5.41, 5.74) is 2.21. The van der Waals surface area contributed by atoms with Gasteiger partial charge in [-0.25, -0.2) is 0 Å².